The van der Waals surface area contributed by atoms with Crippen molar-refractivity contribution in [2.24, 2.45) is 11.7 Å². The Morgan fingerprint density at radius 1 is 1.26 bits per heavy atom. The highest BCUT2D eigenvalue weighted by Gasteiger charge is 2.11. The van der Waals surface area contributed by atoms with Crippen molar-refractivity contribution in [3.05, 3.63) is 48.6 Å². The average molecular weight is 261 g/mol. The van der Waals surface area contributed by atoms with Crippen molar-refractivity contribution in [2.45, 2.75) is 26.3 Å². The summed E-state index contributed by atoms with van der Waals surface area (Å²) in [6.45, 7) is 11.3. The number of nitrogens with two attached hydrogens (primary N) is 1. The van der Waals surface area contributed by atoms with Crippen molar-refractivity contribution in [1.82, 2.24) is 0 Å². The van der Waals surface area contributed by atoms with Gasteiger partial charge in [-0.25, -0.2) is 0 Å². The molecule has 0 aliphatic carbocycles. The first-order valence-electron chi connectivity index (χ1n) is 6.24. The summed E-state index contributed by atoms with van der Waals surface area (Å²) in [5, 5.41) is 8.31. The predicted octanol–water partition coefficient (Wildman–Crippen LogP) is 3.42. The summed E-state index contributed by atoms with van der Waals surface area (Å²) < 4.78 is 0. The fraction of sp³-hybridized carbons (Fsp3) is 0.312. The number of rotatable bonds is 5. The maximum absolute atomic E-state index is 10.1. The third-order valence-electron chi connectivity index (χ3n) is 2.48. The van der Waals surface area contributed by atoms with Crippen LogP contribution in [0.2, 0.25) is 0 Å². The summed E-state index contributed by atoms with van der Waals surface area (Å²) in [6.07, 6.45) is 4.21. The zero-order valence-electron chi connectivity index (χ0n) is 11.7. The van der Waals surface area contributed by atoms with E-state index in [4.69, 9.17) is 10.8 Å². The molecule has 0 radical (unpaired) electrons. The van der Waals surface area contributed by atoms with E-state index in [0.717, 1.165) is 11.1 Å². The lowest BCUT2D eigenvalue weighted by molar-refractivity contribution is -0.138. The molecule has 104 valence electrons. The Balaban J connectivity index is 0.000000344. The van der Waals surface area contributed by atoms with Crippen LogP contribution in [0.1, 0.15) is 31.4 Å². The van der Waals surface area contributed by atoms with Crippen molar-refractivity contribution < 1.29 is 9.90 Å². The first kappa shape index (κ1) is 17.1. The topological polar surface area (TPSA) is 63.3 Å². The van der Waals surface area contributed by atoms with E-state index in [2.05, 4.69) is 13.2 Å². The Morgan fingerprint density at radius 2 is 1.68 bits per heavy atom. The monoisotopic (exact) mass is 261 g/mol. The maximum Gasteiger partial charge on any atom is 0.320 e. The second-order valence-electron chi connectivity index (χ2n) is 4.61. The minimum Gasteiger partial charge on any atom is -0.480 e. The Labute approximate surface area is 115 Å². The lowest BCUT2D eigenvalue weighted by Gasteiger charge is -2.07. The molecular weight excluding hydrogens is 238 g/mol. The molecule has 0 spiro atoms. The standard InChI is InChI=1S/C10H10.C6H13NO2/c1-3-9-7-5-6-8-10(9)4-2;1-4(2)3-5(7)6(8)9/h3-8H,1-2H2;4-5H,3,7H2,1-2H3,(H,8,9)/t;5-/m.0/s1. The first-order chi connectivity index (χ1) is 8.92. The largest absolute Gasteiger partial charge is 0.480 e. The summed E-state index contributed by atoms with van der Waals surface area (Å²) in [6, 6.07) is 7.33. The van der Waals surface area contributed by atoms with Gasteiger partial charge in [0.1, 0.15) is 6.04 Å². The highest BCUT2D eigenvalue weighted by molar-refractivity contribution is 5.72. The fourth-order valence-electron chi connectivity index (χ4n) is 1.49. The van der Waals surface area contributed by atoms with Crippen LogP contribution in [0.3, 0.4) is 0 Å². The minimum absolute atomic E-state index is 0.357. The average Bonchev–Trinajstić information content (AvgIpc) is 2.38. The minimum atomic E-state index is -0.913. The summed E-state index contributed by atoms with van der Waals surface area (Å²) in [7, 11) is 0. The van der Waals surface area contributed by atoms with Crippen molar-refractivity contribution in [3.8, 4) is 0 Å². The SMILES string of the molecule is C=Cc1ccccc1C=C.CC(C)C[C@H](N)C(=O)O. The highest BCUT2D eigenvalue weighted by atomic mass is 16.4. The Hall–Kier alpha value is -1.87. The van der Waals surface area contributed by atoms with Crippen LogP contribution in [0.4, 0.5) is 0 Å². The van der Waals surface area contributed by atoms with Gasteiger partial charge in [-0.2, -0.15) is 0 Å². The molecular formula is C16H23NO2. The zero-order valence-corrected chi connectivity index (χ0v) is 11.7. The van der Waals surface area contributed by atoms with Crippen LogP contribution >= 0.6 is 0 Å². The summed E-state index contributed by atoms with van der Waals surface area (Å²) >= 11 is 0. The summed E-state index contributed by atoms with van der Waals surface area (Å²) in [4.78, 5) is 10.1. The number of benzene rings is 1. The van der Waals surface area contributed by atoms with Crippen LogP contribution in [0.5, 0.6) is 0 Å². The Morgan fingerprint density at radius 3 is 1.89 bits per heavy atom. The predicted molar refractivity (Wildman–Crippen MR) is 81.7 cm³/mol. The van der Waals surface area contributed by atoms with Crippen LogP contribution in [0.15, 0.2) is 37.4 Å². The second kappa shape index (κ2) is 9.11. The zero-order chi connectivity index (χ0) is 14.8. The van der Waals surface area contributed by atoms with E-state index < -0.39 is 12.0 Å². The van der Waals surface area contributed by atoms with Crippen molar-refractivity contribution in [2.75, 3.05) is 0 Å². The number of carbonyl (C=O) groups is 1. The number of carboxylic acids is 1. The molecule has 1 aromatic carbocycles. The normalized spacial score (nSPS) is 11.2. The van der Waals surface area contributed by atoms with Gasteiger partial charge in [0.2, 0.25) is 0 Å². The second-order valence-corrected chi connectivity index (χ2v) is 4.61. The molecule has 0 bridgehead atoms. The number of hydrogen-bond acceptors (Lipinski definition) is 2. The summed E-state index contributed by atoms with van der Waals surface area (Å²) in [5.41, 5.74) is 7.49. The lowest BCUT2D eigenvalue weighted by atomic mass is 10.1. The molecule has 0 fully saturated rings. The van der Waals surface area contributed by atoms with E-state index in [1.165, 1.54) is 0 Å². The van der Waals surface area contributed by atoms with Gasteiger partial charge in [0.15, 0.2) is 0 Å². The maximum atomic E-state index is 10.1. The van der Waals surface area contributed by atoms with Gasteiger partial charge >= 0.3 is 5.97 Å². The van der Waals surface area contributed by atoms with Gasteiger partial charge in [0.25, 0.3) is 0 Å². The molecule has 1 rings (SSSR count). The van der Waals surface area contributed by atoms with Gasteiger partial charge in [-0.15, -0.1) is 0 Å². The van der Waals surface area contributed by atoms with Crippen LogP contribution in [0, 0.1) is 5.92 Å². The molecule has 0 aliphatic rings. The third kappa shape index (κ3) is 7.21. The quantitative estimate of drug-likeness (QED) is 0.853. The molecule has 0 aromatic heterocycles. The molecule has 1 atom stereocenters. The van der Waals surface area contributed by atoms with Gasteiger partial charge in [0.05, 0.1) is 0 Å². The number of hydrogen-bond donors (Lipinski definition) is 2. The first-order valence-corrected chi connectivity index (χ1v) is 6.24. The molecule has 3 N–H and O–H groups in total. The molecule has 3 heteroatoms. The molecule has 3 nitrogen and oxygen atoms in total. The summed E-state index contributed by atoms with van der Waals surface area (Å²) in [5.74, 6) is -0.556. The lowest BCUT2D eigenvalue weighted by Crippen LogP contribution is -2.31. The van der Waals surface area contributed by atoms with Gasteiger partial charge in [0, 0.05) is 0 Å². The third-order valence-corrected chi connectivity index (χ3v) is 2.48. The van der Waals surface area contributed by atoms with E-state index in [1.54, 1.807) is 0 Å². The van der Waals surface area contributed by atoms with Gasteiger partial charge in [-0.1, -0.05) is 63.4 Å². The van der Waals surface area contributed by atoms with Crippen LogP contribution in [0.25, 0.3) is 12.2 Å². The molecule has 0 aliphatic heterocycles. The van der Waals surface area contributed by atoms with Crippen LogP contribution < -0.4 is 5.73 Å². The fourth-order valence-corrected chi connectivity index (χ4v) is 1.49. The molecule has 19 heavy (non-hydrogen) atoms. The Bertz CT molecular complexity index is 398. The van der Waals surface area contributed by atoms with Crippen LogP contribution in [-0.4, -0.2) is 17.1 Å². The van der Waals surface area contributed by atoms with Gasteiger partial charge < -0.3 is 10.8 Å². The Kier molecular flexibility index (Phi) is 8.22. The number of aliphatic carboxylic acids is 1. The number of carboxylic acid groups (broad SMARTS) is 1. The smallest absolute Gasteiger partial charge is 0.320 e. The van der Waals surface area contributed by atoms with Crippen molar-refractivity contribution >= 4 is 18.1 Å². The molecule has 0 amide bonds. The van der Waals surface area contributed by atoms with Crippen molar-refractivity contribution in [3.63, 3.8) is 0 Å². The molecule has 0 saturated carbocycles. The molecule has 0 heterocycles. The van der Waals surface area contributed by atoms with E-state index >= 15 is 0 Å². The van der Waals surface area contributed by atoms with E-state index in [1.807, 2.05) is 50.3 Å². The van der Waals surface area contributed by atoms with Gasteiger partial charge in [-0.05, 0) is 23.5 Å². The van der Waals surface area contributed by atoms with E-state index in [0.29, 0.717) is 12.3 Å². The molecule has 1 aromatic rings. The van der Waals surface area contributed by atoms with E-state index in [-0.39, 0.29) is 0 Å². The molecule has 0 unspecified atom stereocenters. The van der Waals surface area contributed by atoms with Gasteiger partial charge in [-0.3, -0.25) is 4.79 Å². The van der Waals surface area contributed by atoms with E-state index in [9.17, 15) is 4.79 Å². The molecule has 0 saturated heterocycles. The van der Waals surface area contributed by atoms with Crippen LogP contribution in [-0.2, 0) is 4.79 Å². The highest BCUT2D eigenvalue weighted by Crippen LogP contribution is 2.10. The van der Waals surface area contributed by atoms with Crippen molar-refractivity contribution in [1.29, 1.82) is 0 Å².